The molecule has 1 aromatic rings. The minimum atomic E-state index is 0.395. The lowest BCUT2D eigenvalue weighted by molar-refractivity contribution is 0.461. The lowest BCUT2D eigenvalue weighted by Gasteiger charge is -2.22. The second kappa shape index (κ2) is 6.55. The number of hydrogen-bond donors (Lipinski definition) is 1. The zero-order valence-corrected chi connectivity index (χ0v) is 10.6. The van der Waals surface area contributed by atoms with Gasteiger partial charge in [0.25, 0.3) is 0 Å². The summed E-state index contributed by atoms with van der Waals surface area (Å²) in [5.41, 5.74) is 1.32. The summed E-state index contributed by atoms with van der Waals surface area (Å²) >= 11 is 0. The van der Waals surface area contributed by atoms with Crippen molar-refractivity contribution in [3.8, 4) is 0 Å². The molecular weight excluding hydrogens is 208 g/mol. The van der Waals surface area contributed by atoms with Crippen molar-refractivity contribution in [1.29, 1.82) is 0 Å². The highest BCUT2D eigenvalue weighted by Crippen LogP contribution is 2.16. The molecular formula is C15H22N2. The maximum absolute atomic E-state index is 4.06. The molecule has 17 heavy (non-hydrogen) atoms. The van der Waals surface area contributed by atoms with E-state index in [1.54, 1.807) is 0 Å². The lowest BCUT2D eigenvalue weighted by atomic mass is 10.0. The largest absolute Gasteiger partial charge is 0.304 e. The first-order chi connectivity index (χ1) is 8.36. The number of allylic oxidation sites excluding steroid dienone is 1. The van der Waals surface area contributed by atoms with E-state index in [0.717, 1.165) is 0 Å². The van der Waals surface area contributed by atoms with Crippen molar-refractivity contribution in [1.82, 2.24) is 10.3 Å². The fraction of sp³-hybridized carbons (Fsp3) is 0.533. The summed E-state index contributed by atoms with van der Waals surface area (Å²) in [4.78, 5) is 4.06. The second-order valence-electron chi connectivity index (χ2n) is 4.84. The first kappa shape index (κ1) is 12.3. The highest BCUT2D eigenvalue weighted by molar-refractivity contribution is 5.14. The minimum Gasteiger partial charge on any atom is -0.304 e. The third-order valence-electron chi connectivity index (χ3n) is 3.42. The predicted molar refractivity (Wildman–Crippen MR) is 71.8 cm³/mol. The van der Waals surface area contributed by atoms with E-state index in [1.165, 1.54) is 37.7 Å². The van der Waals surface area contributed by atoms with Gasteiger partial charge in [-0.2, -0.15) is 0 Å². The molecule has 0 amide bonds. The van der Waals surface area contributed by atoms with Crippen LogP contribution < -0.4 is 5.32 Å². The first-order valence-corrected chi connectivity index (χ1v) is 6.69. The van der Waals surface area contributed by atoms with Crippen LogP contribution in [0.4, 0.5) is 0 Å². The Morgan fingerprint density at radius 1 is 1.24 bits per heavy atom. The number of nitrogens with one attached hydrogen (secondary N) is 1. The Morgan fingerprint density at radius 3 is 2.88 bits per heavy atom. The van der Waals surface area contributed by atoms with Crippen LogP contribution in [0.3, 0.4) is 0 Å². The van der Waals surface area contributed by atoms with Gasteiger partial charge in [0.1, 0.15) is 0 Å². The van der Waals surface area contributed by atoms with Crippen LogP contribution in [0, 0.1) is 0 Å². The van der Waals surface area contributed by atoms with Crippen LogP contribution in [0.1, 0.15) is 50.6 Å². The quantitative estimate of drug-likeness (QED) is 0.802. The summed E-state index contributed by atoms with van der Waals surface area (Å²) in [5.74, 6) is 0. The zero-order valence-electron chi connectivity index (χ0n) is 10.6. The van der Waals surface area contributed by atoms with Gasteiger partial charge in [-0.25, -0.2) is 0 Å². The molecule has 1 unspecified atom stereocenters. The molecule has 2 nitrogen and oxygen atoms in total. The van der Waals surface area contributed by atoms with Gasteiger partial charge in [0, 0.05) is 24.5 Å². The highest BCUT2D eigenvalue weighted by atomic mass is 14.9. The average molecular weight is 230 g/mol. The van der Waals surface area contributed by atoms with E-state index in [-0.39, 0.29) is 0 Å². The standard InChI is InChI=1S/C15H22N2/c1-13(14-9-11-16-12-10-14)17-15-7-5-3-2-4-6-8-15/h5,7,9-13,15,17H,2-4,6,8H2,1H3/b7-5+/t13-,15?/m1/s1. The van der Waals surface area contributed by atoms with E-state index in [0.29, 0.717) is 12.1 Å². The van der Waals surface area contributed by atoms with Crippen LogP contribution in [0.25, 0.3) is 0 Å². The molecule has 1 N–H and O–H groups in total. The molecule has 2 heteroatoms. The highest BCUT2D eigenvalue weighted by Gasteiger charge is 2.11. The Hall–Kier alpha value is -1.15. The third-order valence-corrected chi connectivity index (χ3v) is 3.42. The number of pyridine rings is 1. The third kappa shape index (κ3) is 3.97. The van der Waals surface area contributed by atoms with Crippen molar-refractivity contribution in [3.63, 3.8) is 0 Å². The van der Waals surface area contributed by atoms with Gasteiger partial charge in [0.05, 0.1) is 0 Å². The van der Waals surface area contributed by atoms with Gasteiger partial charge < -0.3 is 5.32 Å². The molecule has 2 rings (SSSR count). The molecule has 0 saturated carbocycles. The van der Waals surface area contributed by atoms with Crippen LogP contribution in [0.5, 0.6) is 0 Å². The predicted octanol–water partition coefficient (Wildman–Crippen LogP) is 3.62. The fourth-order valence-corrected chi connectivity index (χ4v) is 2.37. The second-order valence-corrected chi connectivity index (χ2v) is 4.84. The Morgan fingerprint density at radius 2 is 2.06 bits per heavy atom. The molecule has 0 radical (unpaired) electrons. The van der Waals surface area contributed by atoms with Gasteiger partial charge in [-0.05, 0) is 43.9 Å². The summed E-state index contributed by atoms with van der Waals surface area (Å²) in [5, 5.41) is 3.69. The molecule has 2 atom stereocenters. The van der Waals surface area contributed by atoms with Crippen molar-refractivity contribution in [2.45, 2.75) is 51.1 Å². The summed E-state index contributed by atoms with van der Waals surface area (Å²) in [6, 6.07) is 5.10. The van der Waals surface area contributed by atoms with Crippen molar-refractivity contribution in [3.05, 3.63) is 42.2 Å². The molecule has 1 heterocycles. The van der Waals surface area contributed by atoms with E-state index in [9.17, 15) is 0 Å². The van der Waals surface area contributed by atoms with Crippen LogP contribution in [0.2, 0.25) is 0 Å². The summed E-state index contributed by atoms with van der Waals surface area (Å²) < 4.78 is 0. The van der Waals surface area contributed by atoms with E-state index >= 15 is 0 Å². The Bertz CT molecular complexity index is 345. The first-order valence-electron chi connectivity index (χ1n) is 6.69. The van der Waals surface area contributed by atoms with Gasteiger partial charge >= 0.3 is 0 Å². The number of rotatable bonds is 3. The molecule has 0 fully saturated rings. The fourth-order valence-electron chi connectivity index (χ4n) is 2.37. The zero-order chi connectivity index (χ0) is 11.9. The van der Waals surface area contributed by atoms with Gasteiger partial charge in [0.15, 0.2) is 0 Å². The van der Waals surface area contributed by atoms with Crippen LogP contribution >= 0.6 is 0 Å². The van der Waals surface area contributed by atoms with Crippen LogP contribution in [0.15, 0.2) is 36.7 Å². The molecule has 0 bridgehead atoms. The summed E-state index contributed by atoms with van der Waals surface area (Å²) in [6.45, 7) is 2.22. The number of nitrogens with zero attached hydrogens (tertiary/aromatic N) is 1. The summed E-state index contributed by atoms with van der Waals surface area (Å²) in [6.07, 6.45) is 14.9. The van der Waals surface area contributed by atoms with Crippen molar-refractivity contribution in [2.75, 3.05) is 0 Å². The Labute approximate surface area is 104 Å². The van der Waals surface area contributed by atoms with Gasteiger partial charge in [-0.3, -0.25) is 4.98 Å². The molecule has 1 aliphatic rings. The normalized spacial score (nSPS) is 24.6. The summed E-state index contributed by atoms with van der Waals surface area (Å²) in [7, 11) is 0. The molecule has 92 valence electrons. The van der Waals surface area contributed by atoms with E-state index in [4.69, 9.17) is 0 Å². The molecule has 1 aromatic heterocycles. The number of hydrogen-bond acceptors (Lipinski definition) is 2. The van der Waals surface area contributed by atoms with Gasteiger partial charge in [0.2, 0.25) is 0 Å². The van der Waals surface area contributed by atoms with Crippen LogP contribution in [-0.4, -0.2) is 11.0 Å². The van der Waals surface area contributed by atoms with Gasteiger partial charge in [-0.15, -0.1) is 0 Å². The lowest BCUT2D eigenvalue weighted by Crippen LogP contribution is -2.30. The monoisotopic (exact) mass is 230 g/mol. The van der Waals surface area contributed by atoms with Crippen molar-refractivity contribution >= 4 is 0 Å². The minimum absolute atomic E-state index is 0.395. The SMILES string of the molecule is C[C@@H](NC1/C=C/CCCCC1)c1ccncc1. The topological polar surface area (TPSA) is 24.9 Å². The van der Waals surface area contributed by atoms with Gasteiger partial charge in [-0.1, -0.05) is 25.0 Å². The molecule has 0 saturated heterocycles. The van der Waals surface area contributed by atoms with E-state index in [1.807, 2.05) is 12.4 Å². The Kier molecular flexibility index (Phi) is 4.75. The smallest absolute Gasteiger partial charge is 0.0298 e. The molecule has 0 aromatic carbocycles. The average Bonchev–Trinajstić information content (AvgIpc) is 2.33. The number of aromatic nitrogens is 1. The molecule has 0 spiro atoms. The maximum Gasteiger partial charge on any atom is 0.0298 e. The van der Waals surface area contributed by atoms with Crippen molar-refractivity contribution < 1.29 is 0 Å². The van der Waals surface area contributed by atoms with E-state index < -0.39 is 0 Å². The van der Waals surface area contributed by atoms with Crippen molar-refractivity contribution in [2.24, 2.45) is 0 Å². The van der Waals surface area contributed by atoms with Crippen LogP contribution in [-0.2, 0) is 0 Å². The molecule has 1 aliphatic carbocycles. The molecule has 0 aliphatic heterocycles. The Balaban J connectivity index is 1.93. The maximum atomic E-state index is 4.06. The van der Waals surface area contributed by atoms with E-state index in [2.05, 4.69) is 41.5 Å².